The van der Waals surface area contributed by atoms with Gasteiger partial charge in [0.2, 0.25) is 5.58 Å². The molecule has 37 heavy (non-hydrogen) atoms. The topological polar surface area (TPSA) is 43.3 Å². The smallest absolute Gasteiger partial charge is 0.385 e. The molecule has 5 aromatic carbocycles. The lowest BCUT2D eigenvalue weighted by atomic mass is 10.0. The van der Waals surface area contributed by atoms with Crippen molar-refractivity contribution in [1.29, 1.82) is 0 Å². The summed E-state index contributed by atoms with van der Waals surface area (Å²) in [5.74, 6) is 0.762. The summed E-state index contributed by atoms with van der Waals surface area (Å²) in [5.41, 5.74) is 9.57. The molecule has 0 aliphatic rings. The van der Waals surface area contributed by atoms with Crippen LogP contribution in [0.2, 0.25) is 0 Å². The van der Waals surface area contributed by atoms with E-state index in [0.717, 1.165) is 77.6 Å². The van der Waals surface area contributed by atoms with Gasteiger partial charge in [0.25, 0.3) is 5.52 Å². The van der Waals surface area contributed by atoms with Crippen molar-refractivity contribution in [3.05, 3.63) is 103 Å². The summed E-state index contributed by atoms with van der Waals surface area (Å²) in [6, 6.07) is 33.3. The minimum atomic E-state index is 0.762. The highest BCUT2D eigenvalue weighted by Crippen LogP contribution is 2.41. The quantitative estimate of drug-likeness (QED) is 0.232. The molecule has 0 unspecified atom stereocenters. The molecule has 0 amide bonds. The maximum absolute atomic E-state index is 6.69. The van der Waals surface area contributed by atoms with Gasteiger partial charge in [-0.3, -0.25) is 0 Å². The Bertz CT molecular complexity index is 2160. The van der Waals surface area contributed by atoms with Crippen molar-refractivity contribution in [2.45, 2.75) is 6.92 Å². The van der Waals surface area contributed by atoms with Crippen LogP contribution in [0.5, 0.6) is 0 Å². The maximum atomic E-state index is 6.69. The predicted octanol–water partition coefficient (Wildman–Crippen LogP) is 8.70. The minimum Gasteiger partial charge on any atom is -0.456 e. The van der Waals surface area contributed by atoms with E-state index in [2.05, 4.69) is 78.2 Å². The van der Waals surface area contributed by atoms with Crippen molar-refractivity contribution in [3.63, 3.8) is 0 Å². The number of hydrogen-bond acceptors (Lipinski definition) is 3. The van der Waals surface area contributed by atoms with Crippen LogP contribution < -0.4 is 4.57 Å². The average molecular weight is 481 g/mol. The minimum absolute atomic E-state index is 0.762. The Hall–Kier alpha value is -4.83. The molecule has 0 atom stereocenters. The Labute approximate surface area is 211 Å². The van der Waals surface area contributed by atoms with E-state index in [9.17, 15) is 0 Å². The summed E-state index contributed by atoms with van der Waals surface area (Å²) in [6.45, 7) is 2.10. The molecular formula is C33H22NO3+. The summed E-state index contributed by atoms with van der Waals surface area (Å²) in [6.07, 6.45) is 0. The molecule has 0 radical (unpaired) electrons. The van der Waals surface area contributed by atoms with E-state index in [1.54, 1.807) is 0 Å². The molecule has 0 saturated heterocycles. The Morgan fingerprint density at radius 3 is 2.27 bits per heavy atom. The van der Waals surface area contributed by atoms with E-state index in [0.29, 0.717) is 0 Å². The molecular weight excluding hydrogens is 458 g/mol. The molecule has 176 valence electrons. The molecule has 0 bridgehead atoms. The van der Waals surface area contributed by atoms with Crippen LogP contribution >= 0.6 is 0 Å². The number of hydrogen-bond donors (Lipinski definition) is 0. The Balaban J connectivity index is 1.42. The molecule has 0 aliphatic heterocycles. The van der Waals surface area contributed by atoms with E-state index >= 15 is 0 Å². The Kier molecular flexibility index (Phi) is 4.04. The van der Waals surface area contributed by atoms with E-state index in [1.807, 2.05) is 37.4 Å². The maximum Gasteiger partial charge on any atom is 0.385 e. The first-order valence-corrected chi connectivity index (χ1v) is 12.4. The monoisotopic (exact) mass is 480 g/mol. The van der Waals surface area contributed by atoms with Crippen LogP contribution in [0.3, 0.4) is 0 Å². The van der Waals surface area contributed by atoms with Gasteiger partial charge < -0.3 is 13.3 Å². The number of benzene rings is 5. The number of furan rings is 2. The lowest BCUT2D eigenvalue weighted by molar-refractivity contribution is -0.637. The molecule has 0 spiro atoms. The van der Waals surface area contributed by atoms with Gasteiger partial charge in [0.05, 0.1) is 5.39 Å². The molecule has 8 aromatic rings. The SMILES string of the molecule is Cc1ccc2c(oc3cc(-c4ccccc4)ccc32)c1-c1oc2c3c(ccc2[n+]1C)oc1ccccc13. The summed E-state index contributed by atoms with van der Waals surface area (Å²) < 4.78 is 21.5. The fraction of sp³-hybridized carbons (Fsp3) is 0.0606. The summed E-state index contributed by atoms with van der Waals surface area (Å²) in [7, 11) is 2.05. The summed E-state index contributed by atoms with van der Waals surface area (Å²) >= 11 is 0. The lowest BCUT2D eigenvalue weighted by Gasteiger charge is -2.01. The third-order valence-corrected chi connectivity index (χ3v) is 7.51. The fourth-order valence-corrected chi connectivity index (χ4v) is 5.65. The molecule has 4 heteroatoms. The zero-order chi connectivity index (χ0) is 24.7. The first-order chi connectivity index (χ1) is 18.2. The normalized spacial score (nSPS) is 12.1. The molecule has 0 fully saturated rings. The molecule has 0 N–H and O–H groups in total. The molecule has 4 nitrogen and oxygen atoms in total. The number of para-hydroxylation sites is 1. The van der Waals surface area contributed by atoms with Gasteiger partial charge in [-0.05, 0) is 47.9 Å². The molecule has 3 heterocycles. The molecule has 0 saturated carbocycles. The van der Waals surface area contributed by atoms with Gasteiger partial charge in [-0.2, -0.15) is 4.57 Å². The highest BCUT2D eigenvalue weighted by atomic mass is 16.4. The number of nitrogens with zero attached hydrogens (tertiary/aromatic N) is 1. The second-order valence-corrected chi connectivity index (χ2v) is 9.66. The van der Waals surface area contributed by atoms with Crippen molar-refractivity contribution < 1.29 is 17.8 Å². The van der Waals surface area contributed by atoms with Gasteiger partial charge in [0, 0.05) is 22.2 Å². The van der Waals surface area contributed by atoms with Gasteiger partial charge in [-0.25, -0.2) is 0 Å². The van der Waals surface area contributed by atoms with Crippen molar-refractivity contribution in [2.24, 2.45) is 7.05 Å². The van der Waals surface area contributed by atoms with E-state index < -0.39 is 0 Å². The fourth-order valence-electron chi connectivity index (χ4n) is 5.65. The first kappa shape index (κ1) is 20.4. The van der Waals surface area contributed by atoms with Gasteiger partial charge in [0.1, 0.15) is 29.4 Å². The van der Waals surface area contributed by atoms with Gasteiger partial charge >= 0.3 is 5.89 Å². The second kappa shape index (κ2) is 7.34. The first-order valence-electron chi connectivity index (χ1n) is 12.4. The third kappa shape index (κ3) is 2.81. The van der Waals surface area contributed by atoms with Gasteiger partial charge in [-0.15, -0.1) is 0 Å². The predicted molar refractivity (Wildman–Crippen MR) is 148 cm³/mol. The van der Waals surface area contributed by atoms with Crippen molar-refractivity contribution >= 4 is 55.0 Å². The standard InChI is InChI=1S/C33H22NO3/c1-19-12-14-23-22-15-13-21(20-8-4-3-5-9-20)18-28(22)36-31(23)29(19)33-34(2)25-16-17-27-30(32(25)37-33)24-10-6-7-11-26(24)35-27/h3-18H,1-2H3/q+1. The Morgan fingerprint density at radius 1 is 0.568 bits per heavy atom. The van der Waals surface area contributed by atoms with E-state index in [4.69, 9.17) is 13.3 Å². The van der Waals surface area contributed by atoms with Gasteiger partial charge in [-0.1, -0.05) is 66.7 Å². The molecule has 0 aliphatic carbocycles. The van der Waals surface area contributed by atoms with Crippen LogP contribution in [0.25, 0.3) is 77.6 Å². The number of aromatic nitrogens is 1. The van der Waals surface area contributed by atoms with Crippen LogP contribution in [-0.4, -0.2) is 0 Å². The average Bonchev–Trinajstić information content (AvgIpc) is 3.59. The highest BCUT2D eigenvalue weighted by Gasteiger charge is 2.29. The third-order valence-electron chi connectivity index (χ3n) is 7.51. The van der Waals surface area contributed by atoms with Crippen LogP contribution in [-0.2, 0) is 7.05 Å². The Morgan fingerprint density at radius 2 is 1.38 bits per heavy atom. The van der Waals surface area contributed by atoms with Crippen LogP contribution in [0.15, 0.2) is 110 Å². The highest BCUT2D eigenvalue weighted by molar-refractivity contribution is 6.16. The zero-order valence-corrected chi connectivity index (χ0v) is 20.4. The number of fused-ring (bicyclic) bond motifs is 8. The van der Waals surface area contributed by atoms with Crippen LogP contribution in [0.1, 0.15) is 5.56 Å². The van der Waals surface area contributed by atoms with Gasteiger partial charge in [0.15, 0.2) is 5.58 Å². The van der Waals surface area contributed by atoms with E-state index in [-0.39, 0.29) is 0 Å². The number of rotatable bonds is 2. The summed E-state index contributed by atoms with van der Waals surface area (Å²) in [4.78, 5) is 0. The zero-order valence-electron chi connectivity index (χ0n) is 20.4. The summed E-state index contributed by atoms with van der Waals surface area (Å²) in [5, 5.41) is 4.22. The largest absolute Gasteiger partial charge is 0.456 e. The van der Waals surface area contributed by atoms with Crippen molar-refractivity contribution in [1.82, 2.24) is 0 Å². The van der Waals surface area contributed by atoms with E-state index in [1.165, 1.54) is 5.56 Å². The van der Waals surface area contributed by atoms with Crippen molar-refractivity contribution in [3.8, 4) is 22.6 Å². The molecule has 8 rings (SSSR count). The number of aryl methyl sites for hydroxylation is 2. The second-order valence-electron chi connectivity index (χ2n) is 9.66. The van der Waals surface area contributed by atoms with Crippen LogP contribution in [0, 0.1) is 6.92 Å². The van der Waals surface area contributed by atoms with Crippen LogP contribution in [0.4, 0.5) is 0 Å². The lowest BCUT2D eigenvalue weighted by Crippen LogP contribution is -2.28. The number of oxazole rings is 1. The molecule has 3 aromatic heterocycles. The van der Waals surface area contributed by atoms with Crippen molar-refractivity contribution in [2.75, 3.05) is 0 Å².